The molecule has 0 saturated carbocycles. The van der Waals surface area contributed by atoms with Crippen LogP contribution in [0.4, 0.5) is 38.9 Å². The summed E-state index contributed by atoms with van der Waals surface area (Å²) < 4.78 is 0. The van der Waals surface area contributed by atoms with Gasteiger partial charge in [-0.05, 0) is 82.6 Å². The predicted octanol–water partition coefficient (Wildman–Crippen LogP) is 9.73. The minimum Gasteiger partial charge on any atom is -0.398 e. The number of aromatic nitrogens is 2. The quantitative estimate of drug-likeness (QED) is 0.0726. The van der Waals surface area contributed by atoms with Gasteiger partial charge in [-0.3, -0.25) is 9.59 Å². The summed E-state index contributed by atoms with van der Waals surface area (Å²) in [7, 11) is 0. The molecule has 0 saturated heterocycles. The van der Waals surface area contributed by atoms with Crippen molar-refractivity contribution in [3.63, 3.8) is 0 Å². The normalized spacial score (nSPS) is 16.0. The summed E-state index contributed by atoms with van der Waals surface area (Å²) in [6.07, 6.45) is 0. The Hall–Kier alpha value is -6.69. The lowest BCUT2D eigenvalue weighted by Crippen LogP contribution is -2.30. The van der Waals surface area contributed by atoms with Crippen molar-refractivity contribution in [3.05, 3.63) is 132 Å². The number of nitrogens with zero attached hydrogens (tertiary/aromatic N) is 2. The zero-order valence-corrected chi connectivity index (χ0v) is 32.4. The number of hydrogen-bond acceptors (Lipinski definition) is 5. The highest BCUT2D eigenvalue weighted by Crippen LogP contribution is 2.46. The average molecular weight is 808 g/mol. The van der Waals surface area contributed by atoms with Crippen LogP contribution in [0, 0.1) is 0 Å². The second-order valence-electron chi connectivity index (χ2n) is 15.0. The second kappa shape index (κ2) is 13.8. The fourth-order valence-electron chi connectivity index (χ4n) is 8.82. The monoisotopic (exact) mass is 806 g/mol. The van der Waals surface area contributed by atoms with Gasteiger partial charge in [0.15, 0.2) is 0 Å². The SMILES string of the molecule is Nc1cc2c(c3ccccc13)C(CCl)CN2C(=O)c1cc2cc(NC(=O)Nc3ccc4[nH]c(C(=O)N5CC(CCl)c6c5cc(N)c5ccccc65)cc4c3)ccc2[nH]1. The Morgan fingerprint density at radius 2 is 1.00 bits per heavy atom. The van der Waals surface area contributed by atoms with Gasteiger partial charge in [0.05, 0.1) is 11.4 Å². The van der Waals surface area contributed by atoms with Crippen LogP contribution in [0.25, 0.3) is 43.4 Å². The first-order valence-corrected chi connectivity index (χ1v) is 20.0. The van der Waals surface area contributed by atoms with Gasteiger partial charge in [-0.25, -0.2) is 4.79 Å². The number of urea groups is 1. The van der Waals surface area contributed by atoms with Crippen molar-refractivity contribution in [2.24, 2.45) is 0 Å². The van der Waals surface area contributed by atoms with E-state index in [0.29, 0.717) is 59.0 Å². The number of nitrogens with one attached hydrogen (secondary N) is 4. The molecule has 8 aromatic rings. The molecule has 0 aliphatic carbocycles. The summed E-state index contributed by atoms with van der Waals surface area (Å²) in [5.41, 5.74) is 21.1. The molecule has 6 aromatic carbocycles. The molecule has 0 spiro atoms. The highest BCUT2D eigenvalue weighted by atomic mass is 35.5. The molecule has 10 rings (SSSR count). The number of nitrogen functional groups attached to an aromatic ring is 2. The molecule has 2 aromatic heterocycles. The van der Waals surface area contributed by atoms with Crippen molar-refractivity contribution < 1.29 is 14.4 Å². The molecule has 58 heavy (non-hydrogen) atoms. The molecule has 11 nitrogen and oxygen atoms in total. The highest BCUT2D eigenvalue weighted by molar-refractivity contribution is 6.20. The number of aromatic amines is 2. The Balaban J connectivity index is 0.847. The molecule has 8 N–H and O–H groups in total. The van der Waals surface area contributed by atoms with E-state index in [1.165, 1.54) is 0 Å². The van der Waals surface area contributed by atoms with Gasteiger partial charge in [0, 0.05) is 92.0 Å². The lowest BCUT2D eigenvalue weighted by Gasteiger charge is -2.18. The third-order valence-corrected chi connectivity index (χ3v) is 12.2. The van der Waals surface area contributed by atoms with Crippen LogP contribution in [0.2, 0.25) is 0 Å². The molecule has 4 amide bonds. The fraction of sp³-hybridized carbons (Fsp3) is 0.133. The van der Waals surface area contributed by atoms with Crippen molar-refractivity contribution in [1.82, 2.24) is 9.97 Å². The number of fused-ring (bicyclic) bond motifs is 8. The van der Waals surface area contributed by atoms with Gasteiger partial charge in [-0.1, -0.05) is 48.5 Å². The number of alkyl halides is 2. The van der Waals surface area contributed by atoms with Crippen LogP contribution in [0.3, 0.4) is 0 Å². The Labute approximate surface area is 341 Å². The number of amides is 4. The fourth-order valence-corrected chi connectivity index (χ4v) is 9.32. The number of carbonyl (C=O) groups excluding carboxylic acids is 3. The number of H-pyrrole nitrogens is 2. The van der Waals surface area contributed by atoms with Crippen LogP contribution in [-0.2, 0) is 0 Å². The van der Waals surface area contributed by atoms with E-state index in [9.17, 15) is 14.4 Å². The van der Waals surface area contributed by atoms with E-state index in [1.807, 2.05) is 84.9 Å². The van der Waals surface area contributed by atoms with Gasteiger partial charge in [-0.2, -0.15) is 0 Å². The Bertz CT molecular complexity index is 2830. The minimum absolute atomic E-state index is 0.0357. The molecule has 2 aliphatic rings. The van der Waals surface area contributed by atoms with E-state index in [1.54, 1.807) is 34.1 Å². The summed E-state index contributed by atoms with van der Waals surface area (Å²) in [5, 5.41) is 11.2. The van der Waals surface area contributed by atoms with E-state index in [2.05, 4.69) is 20.6 Å². The maximum absolute atomic E-state index is 14.0. The third kappa shape index (κ3) is 5.76. The molecule has 4 heterocycles. The largest absolute Gasteiger partial charge is 0.398 e. The number of carbonyl (C=O) groups is 3. The summed E-state index contributed by atoms with van der Waals surface area (Å²) in [5.74, 6) is 0.275. The van der Waals surface area contributed by atoms with Crippen molar-refractivity contribution in [3.8, 4) is 0 Å². The van der Waals surface area contributed by atoms with E-state index in [4.69, 9.17) is 34.7 Å². The summed E-state index contributed by atoms with van der Waals surface area (Å²) >= 11 is 12.9. The van der Waals surface area contributed by atoms with Gasteiger partial charge >= 0.3 is 6.03 Å². The molecular formula is C45H36Cl2N8O3. The van der Waals surface area contributed by atoms with Gasteiger partial charge in [0.25, 0.3) is 11.8 Å². The number of benzene rings is 6. The van der Waals surface area contributed by atoms with Gasteiger partial charge < -0.3 is 41.9 Å². The van der Waals surface area contributed by atoms with Crippen LogP contribution in [0.5, 0.6) is 0 Å². The average Bonchev–Trinajstić information content (AvgIpc) is 4.03. The maximum atomic E-state index is 14.0. The first-order valence-electron chi connectivity index (χ1n) is 18.9. The lowest BCUT2D eigenvalue weighted by molar-refractivity contribution is 0.0977. The smallest absolute Gasteiger partial charge is 0.323 e. The Kier molecular flexibility index (Phi) is 8.47. The second-order valence-corrected chi connectivity index (χ2v) is 15.6. The summed E-state index contributed by atoms with van der Waals surface area (Å²) in [4.78, 5) is 51.2. The number of anilines is 6. The molecule has 288 valence electrons. The summed E-state index contributed by atoms with van der Waals surface area (Å²) in [6.45, 7) is 0.879. The van der Waals surface area contributed by atoms with Crippen molar-refractivity contribution in [2.45, 2.75) is 11.8 Å². The predicted molar refractivity (Wildman–Crippen MR) is 236 cm³/mol. The molecule has 0 bridgehead atoms. The molecule has 2 atom stereocenters. The number of nitrogens with two attached hydrogens (primary N) is 2. The van der Waals surface area contributed by atoms with Gasteiger partial charge in [-0.15, -0.1) is 23.2 Å². The summed E-state index contributed by atoms with van der Waals surface area (Å²) in [6, 6.07) is 33.5. The van der Waals surface area contributed by atoms with Crippen LogP contribution in [-0.4, -0.2) is 52.7 Å². The minimum atomic E-state index is -0.450. The molecular weight excluding hydrogens is 771 g/mol. The zero-order chi connectivity index (χ0) is 39.8. The molecule has 13 heteroatoms. The Morgan fingerprint density at radius 3 is 1.41 bits per heavy atom. The zero-order valence-electron chi connectivity index (χ0n) is 30.9. The Morgan fingerprint density at radius 1 is 0.586 bits per heavy atom. The molecule has 2 unspecified atom stereocenters. The number of hydrogen-bond donors (Lipinski definition) is 6. The maximum Gasteiger partial charge on any atom is 0.323 e. The van der Waals surface area contributed by atoms with Crippen LogP contribution < -0.4 is 31.9 Å². The highest BCUT2D eigenvalue weighted by Gasteiger charge is 2.36. The molecule has 0 fully saturated rings. The van der Waals surface area contributed by atoms with E-state index >= 15 is 0 Å². The van der Waals surface area contributed by atoms with Crippen LogP contribution in [0.15, 0.2) is 109 Å². The van der Waals surface area contributed by atoms with Gasteiger partial charge in [0.2, 0.25) is 0 Å². The third-order valence-electron chi connectivity index (χ3n) is 11.5. The van der Waals surface area contributed by atoms with Gasteiger partial charge in [0.1, 0.15) is 11.4 Å². The first-order chi connectivity index (χ1) is 28.2. The van der Waals surface area contributed by atoms with Crippen molar-refractivity contribution in [1.29, 1.82) is 0 Å². The first kappa shape index (κ1) is 35.7. The van der Waals surface area contributed by atoms with Crippen molar-refractivity contribution >= 4 is 119 Å². The van der Waals surface area contributed by atoms with E-state index in [0.717, 1.165) is 65.9 Å². The van der Waals surface area contributed by atoms with Crippen LogP contribution in [0.1, 0.15) is 43.9 Å². The topological polar surface area (TPSA) is 165 Å². The lowest BCUT2D eigenvalue weighted by atomic mass is 9.95. The standard InChI is InChI=1S/C45H36Cl2N8O3/c46-19-25-21-54(39-17-33(48)29-5-1-3-7-31(29)41(25)39)43(56)37-15-23-13-27(9-11-35(23)52-37)50-45(58)51-28-10-12-36-24(14-28)16-38(53-36)44(57)55-22-26(20-47)42-32-8-4-2-6-30(32)34(49)18-40(42)55/h1-18,25-26,52-53H,19-22,48-49H2,(H2,50,51,58). The van der Waals surface area contributed by atoms with E-state index in [-0.39, 0.29) is 23.7 Å². The van der Waals surface area contributed by atoms with Crippen molar-refractivity contribution in [2.75, 3.05) is 56.8 Å². The van der Waals surface area contributed by atoms with E-state index < -0.39 is 6.03 Å². The number of halogens is 2. The number of rotatable bonds is 6. The molecule has 2 aliphatic heterocycles. The van der Waals surface area contributed by atoms with Crippen LogP contribution >= 0.6 is 23.2 Å². The molecule has 0 radical (unpaired) electrons.